The van der Waals surface area contributed by atoms with Gasteiger partial charge in [0.1, 0.15) is 0 Å². The molecule has 21 heavy (non-hydrogen) atoms. The van der Waals surface area contributed by atoms with Crippen molar-refractivity contribution in [2.24, 2.45) is 13.0 Å². The molecule has 2 heterocycles. The molecule has 0 bridgehead atoms. The maximum Gasteiger partial charge on any atom is 0.332 e. The Morgan fingerprint density at radius 3 is 2.81 bits per heavy atom. The van der Waals surface area contributed by atoms with Crippen molar-refractivity contribution in [3.63, 3.8) is 0 Å². The Morgan fingerprint density at radius 1 is 1.33 bits per heavy atom. The standard InChI is InChI=1S/C17H23N3O/c1-13-12-19(2)17(21)20(13)16-8-4-3-7-15(16)10-14-6-5-9-18-11-14/h3-4,7-8,12,14,18H,5-6,9-11H2,1-2H3. The molecule has 1 fully saturated rings. The molecule has 3 rings (SSSR count). The minimum Gasteiger partial charge on any atom is -0.316 e. The number of piperidine rings is 1. The Balaban J connectivity index is 1.97. The van der Waals surface area contributed by atoms with Gasteiger partial charge in [-0.15, -0.1) is 0 Å². The number of hydrogen-bond acceptors (Lipinski definition) is 2. The molecule has 1 N–H and O–H groups in total. The van der Waals surface area contributed by atoms with E-state index in [2.05, 4.69) is 23.5 Å². The summed E-state index contributed by atoms with van der Waals surface area (Å²) in [5.41, 5.74) is 3.31. The molecule has 0 saturated carbocycles. The lowest BCUT2D eigenvalue weighted by atomic mass is 9.91. The molecule has 1 aromatic heterocycles. The zero-order valence-electron chi connectivity index (χ0n) is 12.8. The molecule has 4 nitrogen and oxygen atoms in total. The fourth-order valence-electron chi connectivity index (χ4n) is 3.31. The third-order valence-electron chi connectivity index (χ3n) is 4.37. The van der Waals surface area contributed by atoms with Gasteiger partial charge in [-0.05, 0) is 56.8 Å². The van der Waals surface area contributed by atoms with Crippen molar-refractivity contribution in [2.75, 3.05) is 13.1 Å². The molecule has 1 aliphatic rings. The second-order valence-corrected chi connectivity index (χ2v) is 6.04. The van der Waals surface area contributed by atoms with Crippen LogP contribution in [0.15, 0.2) is 35.3 Å². The number of aromatic nitrogens is 2. The first-order valence-corrected chi connectivity index (χ1v) is 7.71. The second kappa shape index (κ2) is 5.90. The van der Waals surface area contributed by atoms with Gasteiger partial charge < -0.3 is 9.88 Å². The Labute approximate surface area is 125 Å². The number of imidazole rings is 1. The van der Waals surface area contributed by atoms with Gasteiger partial charge in [0.05, 0.1) is 5.69 Å². The van der Waals surface area contributed by atoms with E-state index in [4.69, 9.17) is 0 Å². The summed E-state index contributed by atoms with van der Waals surface area (Å²) < 4.78 is 3.47. The number of hydrogen-bond donors (Lipinski definition) is 1. The Bertz CT molecular complexity index is 678. The lowest BCUT2D eigenvalue weighted by Gasteiger charge is -2.23. The highest BCUT2D eigenvalue weighted by Gasteiger charge is 2.17. The first-order valence-electron chi connectivity index (χ1n) is 7.71. The Kier molecular flexibility index (Phi) is 3.97. The predicted molar refractivity (Wildman–Crippen MR) is 85.0 cm³/mol. The zero-order chi connectivity index (χ0) is 14.8. The van der Waals surface area contributed by atoms with Gasteiger partial charge in [-0.3, -0.25) is 4.57 Å². The Hall–Kier alpha value is -1.81. The molecule has 112 valence electrons. The normalized spacial score (nSPS) is 18.9. The number of nitrogens with one attached hydrogen (secondary N) is 1. The number of aryl methyl sites for hydroxylation is 2. The van der Waals surface area contributed by atoms with E-state index in [0.717, 1.165) is 30.9 Å². The third kappa shape index (κ3) is 2.81. The summed E-state index contributed by atoms with van der Waals surface area (Å²) in [6, 6.07) is 8.29. The summed E-state index contributed by atoms with van der Waals surface area (Å²) in [7, 11) is 1.81. The van der Waals surface area contributed by atoms with Crippen LogP contribution in [-0.2, 0) is 13.5 Å². The molecule has 0 radical (unpaired) electrons. The van der Waals surface area contributed by atoms with Crippen LogP contribution < -0.4 is 11.0 Å². The number of benzene rings is 1. The summed E-state index contributed by atoms with van der Waals surface area (Å²) in [6.07, 6.45) is 5.44. The molecule has 4 heteroatoms. The van der Waals surface area contributed by atoms with E-state index in [1.165, 1.54) is 18.4 Å². The Morgan fingerprint density at radius 2 is 2.14 bits per heavy atom. The van der Waals surface area contributed by atoms with Gasteiger partial charge in [0, 0.05) is 18.9 Å². The van der Waals surface area contributed by atoms with Gasteiger partial charge in [-0.2, -0.15) is 0 Å². The van der Waals surface area contributed by atoms with E-state index in [1.54, 1.807) is 11.6 Å². The molecule has 0 amide bonds. The molecular weight excluding hydrogens is 262 g/mol. The van der Waals surface area contributed by atoms with E-state index < -0.39 is 0 Å². The molecule has 0 aliphatic carbocycles. The van der Waals surface area contributed by atoms with E-state index in [0.29, 0.717) is 5.92 Å². The first-order chi connectivity index (χ1) is 10.2. The molecule has 1 atom stereocenters. The number of nitrogens with zero attached hydrogens (tertiary/aromatic N) is 2. The summed E-state index contributed by atoms with van der Waals surface area (Å²) >= 11 is 0. The highest BCUT2D eigenvalue weighted by Crippen LogP contribution is 2.22. The monoisotopic (exact) mass is 285 g/mol. The van der Waals surface area contributed by atoms with Crippen LogP contribution in [0.2, 0.25) is 0 Å². The van der Waals surface area contributed by atoms with Crippen molar-refractivity contribution in [2.45, 2.75) is 26.2 Å². The fraction of sp³-hybridized carbons (Fsp3) is 0.471. The predicted octanol–water partition coefficient (Wildman–Crippen LogP) is 2.03. The number of para-hydroxylation sites is 1. The molecule has 0 spiro atoms. The van der Waals surface area contributed by atoms with Gasteiger partial charge in [0.25, 0.3) is 0 Å². The average Bonchev–Trinajstić information content (AvgIpc) is 2.74. The van der Waals surface area contributed by atoms with E-state index in [-0.39, 0.29) is 5.69 Å². The molecule has 1 saturated heterocycles. The smallest absolute Gasteiger partial charge is 0.316 e. The van der Waals surface area contributed by atoms with Crippen LogP contribution in [0.3, 0.4) is 0 Å². The largest absolute Gasteiger partial charge is 0.332 e. The summed E-state index contributed by atoms with van der Waals surface area (Å²) in [5.74, 6) is 0.666. The lowest BCUT2D eigenvalue weighted by molar-refractivity contribution is 0.376. The van der Waals surface area contributed by atoms with Crippen LogP contribution in [-0.4, -0.2) is 22.2 Å². The van der Waals surface area contributed by atoms with Crippen LogP contribution in [0.4, 0.5) is 0 Å². The quantitative estimate of drug-likeness (QED) is 0.937. The van der Waals surface area contributed by atoms with Crippen molar-refractivity contribution in [1.82, 2.24) is 14.5 Å². The number of rotatable bonds is 3. The first kappa shape index (κ1) is 14.1. The summed E-state index contributed by atoms with van der Waals surface area (Å²) in [5, 5.41) is 3.47. The topological polar surface area (TPSA) is 39.0 Å². The fourth-order valence-corrected chi connectivity index (χ4v) is 3.31. The van der Waals surface area contributed by atoms with Crippen molar-refractivity contribution in [1.29, 1.82) is 0 Å². The van der Waals surface area contributed by atoms with Gasteiger partial charge in [0.2, 0.25) is 0 Å². The molecular formula is C17H23N3O. The van der Waals surface area contributed by atoms with Gasteiger partial charge in [-0.1, -0.05) is 18.2 Å². The van der Waals surface area contributed by atoms with Crippen molar-refractivity contribution in [3.8, 4) is 5.69 Å². The zero-order valence-corrected chi connectivity index (χ0v) is 12.8. The van der Waals surface area contributed by atoms with Crippen LogP contribution in [0.5, 0.6) is 0 Å². The molecule has 1 aromatic carbocycles. The average molecular weight is 285 g/mol. The maximum absolute atomic E-state index is 12.3. The summed E-state index contributed by atoms with van der Waals surface area (Å²) in [6.45, 7) is 4.20. The van der Waals surface area contributed by atoms with Crippen molar-refractivity contribution >= 4 is 0 Å². The van der Waals surface area contributed by atoms with Gasteiger partial charge in [0.15, 0.2) is 0 Å². The SMILES string of the molecule is Cc1cn(C)c(=O)n1-c1ccccc1CC1CCCNC1. The third-order valence-corrected chi connectivity index (χ3v) is 4.37. The van der Waals surface area contributed by atoms with E-state index in [9.17, 15) is 4.79 Å². The van der Waals surface area contributed by atoms with Crippen LogP contribution in [0.25, 0.3) is 5.69 Å². The minimum absolute atomic E-state index is 0.0294. The second-order valence-electron chi connectivity index (χ2n) is 6.04. The molecule has 1 unspecified atom stereocenters. The minimum atomic E-state index is 0.0294. The molecule has 2 aromatic rings. The summed E-state index contributed by atoms with van der Waals surface area (Å²) in [4.78, 5) is 12.3. The molecule has 1 aliphatic heterocycles. The highest BCUT2D eigenvalue weighted by atomic mass is 16.1. The van der Waals surface area contributed by atoms with Crippen LogP contribution in [0, 0.1) is 12.8 Å². The van der Waals surface area contributed by atoms with Crippen LogP contribution in [0.1, 0.15) is 24.1 Å². The van der Waals surface area contributed by atoms with Crippen molar-refractivity contribution < 1.29 is 0 Å². The maximum atomic E-state index is 12.3. The van der Waals surface area contributed by atoms with Gasteiger partial charge in [-0.25, -0.2) is 4.79 Å². The van der Waals surface area contributed by atoms with E-state index >= 15 is 0 Å². The van der Waals surface area contributed by atoms with Crippen LogP contribution >= 0.6 is 0 Å². The van der Waals surface area contributed by atoms with Gasteiger partial charge >= 0.3 is 5.69 Å². The van der Waals surface area contributed by atoms with Crippen molar-refractivity contribution in [3.05, 3.63) is 52.2 Å². The van der Waals surface area contributed by atoms with E-state index in [1.807, 2.05) is 23.8 Å². The highest BCUT2D eigenvalue weighted by molar-refractivity contribution is 5.42. The lowest BCUT2D eigenvalue weighted by Crippen LogP contribution is -2.31.